The molecule has 0 radical (unpaired) electrons. The minimum Gasteiger partial charge on any atom is -0.488 e. The van der Waals surface area contributed by atoms with E-state index in [0.717, 1.165) is 53.8 Å². The predicted molar refractivity (Wildman–Crippen MR) is 125 cm³/mol. The number of hydrogen-bond donors (Lipinski definition) is 2. The van der Waals surface area contributed by atoms with Gasteiger partial charge in [-0.2, -0.15) is 0 Å². The molecule has 1 aromatic heterocycles. The number of hydrogen-bond acceptors (Lipinski definition) is 7. The monoisotopic (exact) mass is 479 g/mol. The van der Waals surface area contributed by atoms with Gasteiger partial charge in [0.25, 0.3) is 0 Å². The second-order valence-electron chi connectivity index (χ2n) is 9.85. The lowest BCUT2D eigenvalue weighted by atomic mass is 9.71. The Balaban J connectivity index is 1.75. The van der Waals surface area contributed by atoms with Gasteiger partial charge in [-0.15, -0.1) is 13.2 Å². The molecule has 0 aliphatic heterocycles. The van der Waals surface area contributed by atoms with Gasteiger partial charge in [0.15, 0.2) is 0 Å². The van der Waals surface area contributed by atoms with E-state index < -0.39 is 13.0 Å². The van der Waals surface area contributed by atoms with Crippen LogP contribution in [0.15, 0.2) is 18.5 Å². The van der Waals surface area contributed by atoms with Crippen LogP contribution < -0.4 is 21.1 Å². The van der Waals surface area contributed by atoms with E-state index in [0.29, 0.717) is 18.0 Å². The molecule has 7 nitrogen and oxygen atoms in total. The Labute approximate surface area is 197 Å². The van der Waals surface area contributed by atoms with E-state index in [-0.39, 0.29) is 24.1 Å². The third kappa shape index (κ3) is 5.07. The molecule has 2 aliphatic rings. The van der Waals surface area contributed by atoms with Crippen molar-refractivity contribution in [3.05, 3.63) is 29.6 Å². The van der Waals surface area contributed by atoms with Crippen molar-refractivity contribution in [3.8, 4) is 17.0 Å². The number of anilines is 2. The molecule has 186 valence electrons. The molecule has 2 aliphatic carbocycles. The molecule has 2 aromatic rings. The van der Waals surface area contributed by atoms with Crippen molar-refractivity contribution in [2.45, 2.75) is 69.9 Å². The number of likely N-dealkylation sites (N-methyl/N-ethyl adjacent to an activating group) is 1. The summed E-state index contributed by atoms with van der Waals surface area (Å²) >= 11 is 0. The molecule has 0 amide bonds. The highest BCUT2D eigenvalue weighted by atomic mass is 19.4. The van der Waals surface area contributed by atoms with E-state index in [1.54, 1.807) is 11.9 Å². The summed E-state index contributed by atoms with van der Waals surface area (Å²) < 4.78 is 48.3. The van der Waals surface area contributed by atoms with Gasteiger partial charge in [-0.05, 0) is 55.2 Å². The Bertz CT molecular complexity index is 1040. The number of halogens is 3. The van der Waals surface area contributed by atoms with E-state index in [1.165, 1.54) is 6.33 Å². The number of ether oxygens (including phenoxy) is 2. The summed E-state index contributed by atoms with van der Waals surface area (Å²) in [4.78, 5) is 10.5. The lowest BCUT2D eigenvalue weighted by molar-refractivity contribution is -0.323. The zero-order valence-electron chi connectivity index (χ0n) is 19.8. The highest BCUT2D eigenvalue weighted by Crippen LogP contribution is 2.49. The van der Waals surface area contributed by atoms with Gasteiger partial charge in [-0.25, -0.2) is 9.97 Å². The summed E-state index contributed by atoms with van der Waals surface area (Å²) in [5.41, 5.74) is 16.1. The van der Waals surface area contributed by atoms with Crippen molar-refractivity contribution < 1.29 is 22.6 Å². The quantitative estimate of drug-likeness (QED) is 0.641. The first kappa shape index (κ1) is 24.5. The van der Waals surface area contributed by atoms with Crippen LogP contribution in [0, 0.1) is 0 Å². The molecule has 10 heteroatoms. The van der Waals surface area contributed by atoms with E-state index in [2.05, 4.69) is 28.6 Å². The average molecular weight is 480 g/mol. The standard InChI is InChI=1S/C24H32F3N5O2/c1-23(2)12-17-16(20-19(23)22(29)31-13-30-20)8-9-18(34-15-6-4-14(28)5-7-15)21(17)32(3)10-11-33-24(25,26)27/h8-9,13-15H,4-7,10-12,28H2,1-3H3,(H2,29,30,31). The Hall–Kier alpha value is -2.59. The minimum absolute atomic E-state index is 0.0123. The van der Waals surface area contributed by atoms with Gasteiger partial charge in [0.2, 0.25) is 0 Å². The topological polar surface area (TPSA) is 99.5 Å². The van der Waals surface area contributed by atoms with Gasteiger partial charge in [-0.1, -0.05) is 13.8 Å². The molecule has 0 spiro atoms. The lowest BCUT2D eigenvalue weighted by Gasteiger charge is -2.37. The summed E-state index contributed by atoms with van der Waals surface area (Å²) in [6, 6.07) is 4.03. The molecule has 4 rings (SSSR count). The third-order valence-corrected chi connectivity index (χ3v) is 6.76. The van der Waals surface area contributed by atoms with E-state index in [9.17, 15) is 13.2 Å². The molecular formula is C24H32F3N5O2. The number of alkyl halides is 3. The van der Waals surface area contributed by atoms with Crippen molar-refractivity contribution in [2.24, 2.45) is 5.73 Å². The molecule has 0 bridgehead atoms. The minimum atomic E-state index is -4.67. The maximum absolute atomic E-state index is 12.6. The fraction of sp³-hybridized carbons (Fsp3) is 0.583. The number of nitrogens with two attached hydrogens (primary N) is 2. The van der Waals surface area contributed by atoms with E-state index >= 15 is 0 Å². The van der Waals surface area contributed by atoms with Crippen LogP contribution in [0.4, 0.5) is 24.7 Å². The van der Waals surface area contributed by atoms with Crippen molar-refractivity contribution in [3.63, 3.8) is 0 Å². The first-order valence-corrected chi connectivity index (χ1v) is 11.6. The molecule has 1 saturated carbocycles. The molecule has 0 saturated heterocycles. The van der Waals surface area contributed by atoms with Gasteiger partial charge in [-0.3, -0.25) is 4.74 Å². The molecule has 4 N–H and O–H groups in total. The van der Waals surface area contributed by atoms with Crippen LogP contribution >= 0.6 is 0 Å². The Morgan fingerprint density at radius 3 is 2.53 bits per heavy atom. The average Bonchev–Trinajstić information content (AvgIpc) is 2.73. The normalized spacial score (nSPS) is 21.5. The van der Waals surface area contributed by atoms with Crippen molar-refractivity contribution in [2.75, 3.05) is 30.8 Å². The van der Waals surface area contributed by atoms with Crippen LogP contribution in [0.5, 0.6) is 5.75 Å². The molecule has 1 heterocycles. The molecule has 0 unspecified atom stereocenters. The number of fused-ring (bicyclic) bond motifs is 3. The van der Waals surface area contributed by atoms with Crippen LogP contribution in [0.1, 0.15) is 50.7 Å². The number of nitrogen functional groups attached to an aromatic ring is 1. The van der Waals surface area contributed by atoms with Crippen LogP contribution in [-0.2, 0) is 16.6 Å². The van der Waals surface area contributed by atoms with Gasteiger partial charge >= 0.3 is 6.36 Å². The third-order valence-electron chi connectivity index (χ3n) is 6.76. The number of benzene rings is 1. The molecule has 0 atom stereocenters. The zero-order chi connectivity index (χ0) is 24.7. The Morgan fingerprint density at radius 2 is 1.85 bits per heavy atom. The second-order valence-corrected chi connectivity index (χ2v) is 9.85. The van der Waals surface area contributed by atoms with E-state index in [4.69, 9.17) is 16.2 Å². The molecule has 1 fully saturated rings. The summed E-state index contributed by atoms with van der Waals surface area (Å²) in [6.07, 6.45) is 0.848. The number of aromatic nitrogens is 2. The SMILES string of the molecule is CN(CCOC(F)(F)F)c1c(OC2CCC(N)CC2)ccc2c1CC(C)(C)c1c(N)ncnc1-2. The predicted octanol–water partition coefficient (Wildman–Crippen LogP) is 4.18. The fourth-order valence-corrected chi connectivity index (χ4v) is 5.13. The summed E-state index contributed by atoms with van der Waals surface area (Å²) in [7, 11) is 1.76. The summed E-state index contributed by atoms with van der Waals surface area (Å²) in [6.45, 7) is 3.69. The lowest BCUT2D eigenvalue weighted by Crippen LogP contribution is -2.34. The highest BCUT2D eigenvalue weighted by molar-refractivity contribution is 5.83. The smallest absolute Gasteiger partial charge is 0.488 e. The van der Waals surface area contributed by atoms with Crippen LogP contribution in [0.3, 0.4) is 0 Å². The summed E-state index contributed by atoms with van der Waals surface area (Å²) in [5, 5.41) is 0. The van der Waals surface area contributed by atoms with Crippen LogP contribution in [0.2, 0.25) is 0 Å². The van der Waals surface area contributed by atoms with Crippen molar-refractivity contribution in [1.82, 2.24) is 9.97 Å². The van der Waals surface area contributed by atoms with Crippen molar-refractivity contribution >= 4 is 11.5 Å². The van der Waals surface area contributed by atoms with Crippen LogP contribution in [0.25, 0.3) is 11.3 Å². The number of rotatable bonds is 6. The van der Waals surface area contributed by atoms with Gasteiger partial charge in [0, 0.05) is 30.8 Å². The first-order valence-electron chi connectivity index (χ1n) is 11.6. The maximum Gasteiger partial charge on any atom is 0.522 e. The van der Waals surface area contributed by atoms with Gasteiger partial charge in [0.05, 0.1) is 24.1 Å². The second kappa shape index (κ2) is 9.22. The Kier molecular flexibility index (Phi) is 6.65. The summed E-state index contributed by atoms with van der Waals surface area (Å²) in [5.74, 6) is 1.09. The van der Waals surface area contributed by atoms with Crippen molar-refractivity contribution in [1.29, 1.82) is 0 Å². The highest BCUT2D eigenvalue weighted by Gasteiger charge is 2.37. The zero-order valence-corrected chi connectivity index (χ0v) is 19.8. The Morgan fingerprint density at radius 1 is 1.15 bits per heavy atom. The molecule has 34 heavy (non-hydrogen) atoms. The van der Waals surface area contributed by atoms with Gasteiger partial charge < -0.3 is 21.1 Å². The number of nitrogens with zero attached hydrogens (tertiary/aromatic N) is 3. The fourth-order valence-electron chi connectivity index (χ4n) is 5.13. The van der Waals surface area contributed by atoms with Crippen LogP contribution in [-0.4, -0.2) is 48.7 Å². The largest absolute Gasteiger partial charge is 0.522 e. The molecular weight excluding hydrogens is 447 g/mol. The first-order chi connectivity index (χ1) is 16.0. The van der Waals surface area contributed by atoms with E-state index in [1.807, 2.05) is 12.1 Å². The molecule has 1 aromatic carbocycles. The van der Waals surface area contributed by atoms with Gasteiger partial charge in [0.1, 0.15) is 17.9 Å². The maximum atomic E-state index is 12.6.